The summed E-state index contributed by atoms with van der Waals surface area (Å²) in [6, 6.07) is 14.1. The van der Waals surface area contributed by atoms with Gasteiger partial charge >= 0.3 is 0 Å². The standard InChI is InChI=1S/C17H17N3O2/c1-17(2,3)13-4-6-14(7-5-13)19-16-9-8-15(20(21)22)10-12(16)11-18/h4-10,19H,1-3H3. The van der Waals surface area contributed by atoms with Gasteiger partial charge in [-0.25, -0.2) is 0 Å². The first-order valence-corrected chi connectivity index (χ1v) is 6.87. The van der Waals surface area contributed by atoms with Gasteiger partial charge in [-0.2, -0.15) is 5.26 Å². The fourth-order valence-corrected chi connectivity index (χ4v) is 2.06. The molecule has 0 unspecified atom stereocenters. The van der Waals surface area contributed by atoms with Crippen molar-refractivity contribution in [3.05, 3.63) is 63.7 Å². The average molecular weight is 295 g/mol. The van der Waals surface area contributed by atoms with E-state index in [9.17, 15) is 10.1 Å². The summed E-state index contributed by atoms with van der Waals surface area (Å²) in [5.74, 6) is 0. The molecule has 0 aliphatic heterocycles. The number of anilines is 2. The second kappa shape index (κ2) is 5.86. The molecule has 0 saturated carbocycles. The van der Waals surface area contributed by atoms with E-state index in [0.29, 0.717) is 5.69 Å². The minimum atomic E-state index is -0.511. The van der Waals surface area contributed by atoms with E-state index in [0.717, 1.165) is 5.69 Å². The van der Waals surface area contributed by atoms with E-state index in [1.54, 1.807) is 6.07 Å². The lowest BCUT2D eigenvalue weighted by Crippen LogP contribution is -2.10. The topological polar surface area (TPSA) is 79.0 Å². The lowest BCUT2D eigenvalue weighted by molar-refractivity contribution is -0.384. The van der Waals surface area contributed by atoms with Crippen molar-refractivity contribution in [1.82, 2.24) is 0 Å². The number of nitriles is 1. The monoisotopic (exact) mass is 295 g/mol. The quantitative estimate of drug-likeness (QED) is 0.667. The van der Waals surface area contributed by atoms with Crippen LogP contribution >= 0.6 is 0 Å². The van der Waals surface area contributed by atoms with Crippen LogP contribution in [0.5, 0.6) is 0 Å². The highest BCUT2D eigenvalue weighted by molar-refractivity contribution is 5.68. The Hall–Kier alpha value is -2.87. The summed E-state index contributed by atoms with van der Waals surface area (Å²) in [6.07, 6.45) is 0. The van der Waals surface area contributed by atoms with E-state index in [2.05, 4.69) is 26.1 Å². The van der Waals surface area contributed by atoms with Crippen molar-refractivity contribution >= 4 is 17.1 Å². The summed E-state index contributed by atoms with van der Waals surface area (Å²) < 4.78 is 0. The third-order valence-electron chi connectivity index (χ3n) is 3.36. The summed E-state index contributed by atoms with van der Waals surface area (Å²) in [4.78, 5) is 10.2. The molecule has 0 radical (unpaired) electrons. The van der Waals surface area contributed by atoms with Gasteiger partial charge < -0.3 is 5.32 Å². The smallest absolute Gasteiger partial charge is 0.270 e. The van der Waals surface area contributed by atoms with Crippen LogP contribution in [0.25, 0.3) is 0 Å². The van der Waals surface area contributed by atoms with E-state index in [1.165, 1.54) is 17.7 Å². The van der Waals surface area contributed by atoms with E-state index in [1.807, 2.05) is 30.3 Å². The highest BCUT2D eigenvalue weighted by Crippen LogP contribution is 2.27. The van der Waals surface area contributed by atoms with Crippen molar-refractivity contribution in [3.8, 4) is 6.07 Å². The second-order valence-corrected chi connectivity index (χ2v) is 6.05. The number of non-ortho nitro benzene ring substituents is 1. The summed E-state index contributed by atoms with van der Waals surface area (Å²) in [6.45, 7) is 6.42. The molecule has 0 atom stereocenters. The summed E-state index contributed by atoms with van der Waals surface area (Å²) in [7, 11) is 0. The zero-order valence-corrected chi connectivity index (χ0v) is 12.8. The van der Waals surface area contributed by atoms with Crippen LogP contribution in [-0.2, 0) is 5.41 Å². The molecular formula is C17H17N3O2. The molecule has 5 nitrogen and oxygen atoms in total. The first kappa shape index (κ1) is 15.5. The Morgan fingerprint density at radius 3 is 2.27 bits per heavy atom. The molecule has 2 rings (SSSR count). The molecule has 0 aliphatic carbocycles. The Balaban J connectivity index is 2.28. The molecule has 112 valence electrons. The molecule has 5 heteroatoms. The predicted molar refractivity (Wildman–Crippen MR) is 86.2 cm³/mol. The highest BCUT2D eigenvalue weighted by Gasteiger charge is 2.14. The number of nitro benzene ring substituents is 1. The highest BCUT2D eigenvalue weighted by atomic mass is 16.6. The molecule has 0 amide bonds. The Labute approximate surface area is 129 Å². The number of rotatable bonds is 3. The van der Waals surface area contributed by atoms with Gasteiger partial charge in [-0.1, -0.05) is 32.9 Å². The van der Waals surface area contributed by atoms with Crippen LogP contribution in [0.3, 0.4) is 0 Å². The molecule has 0 aliphatic rings. The maximum Gasteiger partial charge on any atom is 0.270 e. The van der Waals surface area contributed by atoms with Gasteiger partial charge in [-0.15, -0.1) is 0 Å². The maximum atomic E-state index is 10.7. The van der Waals surface area contributed by atoms with Gasteiger partial charge in [0.25, 0.3) is 5.69 Å². The van der Waals surface area contributed by atoms with Crippen molar-refractivity contribution in [2.45, 2.75) is 26.2 Å². The van der Waals surface area contributed by atoms with Gasteiger partial charge in [-0.05, 0) is 29.2 Å². The molecule has 0 heterocycles. The van der Waals surface area contributed by atoms with Crippen LogP contribution in [0, 0.1) is 21.4 Å². The number of nitro groups is 1. The molecule has 0 fully saturated rings. The third kappa shape index (κ3) is 3.41. The van der Waals surface area contributed by atoms with Crippen molar-refractivity contribution < 1.29 is 4.92 Å². The number of benzene rings is 2. The fourth-order valence-electron chi connectivity index (χ4n) is 2.06. The van der Waals surface area contributed by atoms with Crippen molar-refractivity contribution in [3.63, 3.8) is 0 Å². The Bertz CT molecular complexity index is 738. The van der Waals surface area contributed by atoms with Crippen LogP contribution in [0.15, 0.2) is 42.5 Å². The van der Waals surface area contributed by atoms with Crippen LogP contribution in [0.1, 0.15) is 31.9 Å². The predicted octanol–water partition coefficient (Wildman–Crippen LogP) is 4.51. The van der Waals surface area contributed by atoms with E-state index in [-0.39, 0.29) is 16.7 Å². The Morgan fingerprint density at radius 2 is 1.77 bits per heavy atom. The van der Waals surface area contributed by atoms with Crippen LogP contribution in [-0.4, -0.2) is 4.92 Å². The molecule has 0 bridgehead atoms. The summed E-state index contributed by atoms with van der Waals surface area (Å²) in [5, 5.41) is 23.0. The number of hydrogen-bond acceptors (Lipinski definition) is 4. The molecule has 22 heavy (non-hydrogen) atoms. The van der Waals surface area contributed by atoms with Crippen LogP contribution < -0.4 is 5.32 Å². The lowest BCUT2D eigenvalue weighted by Gasteiger charge is -2.19. The SMILES string of the molecule is CC(C)(C)c1ccc(Nc2ccc([N+](=O)[O-])cc2C#N)cc1. The van der Waals surface area contributed by atoms with Crippen molar-refractivity contribution in [2.24, 2.45) is 0 Å². The molecule has 0 saturated heterocycles. The fraction of sp³-hybridized carbons (Fsp3) is 0.235. The van der Waals surface area contributed by atoms with Gasteiger partial charge in [0.05, 0.1) is 16.2 Å². The van der Waals surface area contributed by atoms with E-state index in [4.69, 9.17) is 5.26 Å². The number of nitrogens with zero attached hydrogens (tertiary/aromatic N) is 2. The van der Waals surface area contributed by atoms with Crippen molar-refractivity contribution in [1.29, 1.82) is 5.26 Å². The second-order valence-electron chi connectivity index (χ2n) is 6.05. The van der Waals surface area contributed by atoms with Gasteiger partial charge in [-0.3, -0.25) is 10.1 Å². The largest absolute Gasteiger partial charge is 0.354 e. The summed E-state index contributed by atoms with van der Waals surface area (Å²) in [5.41, 5.74) is 2.82. The van der Waals surface area contributed by atoms with Crippen LogP contribution in [0.2, 0.25) is 0 Å². The Kier molecular flexibility index (Phi) is 4.13. The van der Waals surface area contributed by atoms with E-state index >= 15 is 0 Å². The van der Waals surface area contributed by atoms with Gasteiger partial charge in [0.15, 0.2) is 0 Å². The first-order valence-electron chi connectivity index (χ1n) is 6.87. The van der Waals surface area contributed by atoms with Gasteiger partial charge in [0.2, 0.25) is 0 Å². The van der Waals surface area contributed by atoms with Gasteiger partial charge in [0, 0.05) is 17.8 Å². The zero-order chi connectivity index (χ0) is 16.3. The molecular weight excluding hydrogens is 278 g/mol. The molecule has 2 aromatic carbocycles. The van der Waals surface area contributed by atoms with Gasteiger partial charge in [0.1, 0.15) is 6.07 Å². The minimum Gasteiger partial charge on any atom is -0.354 e. The minimum absolute atomic E-state index is 0.0731. The van der Waals surface area contributed by atoms with Crippen LogP contribution in [0.4, 0.5) is 17.1 Å². The van der Waals surface area contributed by atoms with Crippen molar-refractivity contribution in [2.75, 3.05) is 5.32 Å². The Morgan fingerprint density at radius 1 is 1.14 bits per heavy atom. The molecule has 1 N–H and O–H groups in total. The normalized spacial score (nSPS) is 10.8. The molecule has 0 aromatic heterocycles. The number of nitrogens with one attached hydrogen (secondary N) is 1. The number of hydrogen-bond donors (Lipinski definition) is 1. The summed E-state index contributed by atoms with van der Waals surface area (Å²) >= 11 is 0. The molecule has 2 aromatic rings. The average Bonchev–Trinajstić information content (AvgIpc) is 2.47. The zero-order valence-electron chi connectivity index (χ0n) is 12.8. The third-order valence-corrected chi connectivity index (χ3v) is 3.36. The first-order chi connectivity index (χ1) is 10.3. The van der Waals surface area contributed by atoms with E-state index < -0.39 is 4.92 Å². The molecule has 0 spiro atoms. The maximum absolute atomic E-state index is 10.7. The lowest BCUT2D eigenvalue weighted by atomic mass is 9.87.